The van der Waals surface area contributed by atoms with Crippen LogP contribution in [-0.2, 0) is 16.0 Å². The lowest BCUT2D eigenvalue weighted by Gasteiger charge is -2.07. The maximum absolute atomic E-state index is 11.9. The van der Waals surface area contributed by atoms with Crippen molar-refractivity contribution in [3.8, 4) is 0 Å². The molecule has 1 aliphatic rings. The first-order valence-corrected chi connectivity index (χ1v) is 7.87. The molecule has 0 atom stereocenters. The zero-order valence-electron chi connectivity index (χ0n) is 11.5. The summed E-state index contributed by atoms with van der Waals surface area (Å²) >= 11 is 1.58. The minimum Gasteiger partial charge on any atom is -0.326 e. The SMILES string of the molecule is O=C(Cc1ccsc1)Nc1ccc(NC(=O)C2CC2)cc1. The van der Waals surface area contributed by atoms with Crippen LogP contribution < -0.4 is 10.6 Å². The molecule has 1 heterocycles. The molecule has 21 heavy (non-hydrogen) atoms. The fourth-order valence-corrected chi connectivity index (χ4v) is 2.68. The molecular weight excluding hydrogens is 284 g/mol. The normalized spacial score (nSPS) is 13.7. The highest BCUT2D eigenvalue weighted by atomic mass is 32.1. The average molecular weight is 300 g/mol. The first-order valence-electron chi connectivity index (χ1n) is 6.92. The second-order valence-corrected chi connectivity index (χ2v) is 5.98. The molecule has 0 unspecified atom stereocenters. The van der Waals surface area contributed by atoms with Crippen molar-refractivity contribution < 1.29 is 9.59 Å². The number of amides is 2. The van der Waals surface area contributed by atoms with E-state index in [4.69, 9.17) is 0 Å². The van der Waals surface area contributed by atoms with E-state index in [1.807, 2.05) is 16.8 Å². The van der Waals surface area contributed by atoms with E-state index in [1.54, 1.807) is 35.6 Å². The van der Waals surface area contributed by atoms with Gasteiger partial charge in [-0.05, 0) is 59.5 Å². The van der Waals surface area contributed by atoms with E-state index < -0.39 is 0 Å². The van der Waals surface area contributed by atoms with Crippen molar-refractivity contribution >= 4 is 34.5 Å². The van der Waals surface area contributed by atoms with E-state index >= 15 is 0 Å². The van der Waals surface area contributed by atoms with Crippen LogP contribution in [0.15, 0.2) is 41.1 Å². The highest BCUT2D eigenvalue weighted by Crippen LogP contribution is 2.30. The summed E-state index contributed by atoms with van der Waals surface area (Å²) in [4.78, 5) is 23.5. The van der Waals surface area contributed by atoms with E-state index in [0.717, 1.165) is 29.8 Å². The predicted octanol–water partition coefficient (Wildman–Crippen LogP) is 3.28. The summed E-state index contributed by atoms with van der Waals surface area (Å²) in [5, 5.41) is 9.65. The molecule has 1 aliphatic carbocycles. The Labute approximate surface area is 127 Å². The Bertz CT molecular complexity index is 631. The number of carbonyl (C=O) groups excluding carboxylic acids is 2. The first kappa shape index (κ1) is 13.8. The van der Waals surface area contributed by atoms with Crippen molar-refractivity contribution in [2.75, 3.05) is 10.6 Å². The summed E-state index contributed by atoms with van der Waals surface area (Å²) in [6, 6.07) is 9.16. The van der Waals surface area contributed by atoms with Crippen molar-refractivity contribution in [3.63, 3.8) is 0 Å². The molecule has 1 aromatic carbocycles. The smallest absolute Gasteiger partial charge is 0.228 e. The molecule has 2 aromatic rings. The quantitative estimate of drug-likeness (QED) is 0.890. The van der Waals surface area contributed by atoms with Crippen molar-refractivity contribution in [1.82, 2.24) is 0 Å². The Morgan fingerprint density at radius 1 is 1.05 bits per heavy atom. The zero-order valence-corrected chi connectivity index (χ0v) is 12.3. The minimum absolute atomic E-state index is 0.0387. The molecule has 1 saturated carbocycles. The van der Waals surface area contributed by atoms with Crippen LogP contribution in [0.1, 0.15) is 18.4 Å². The number of anilines is 2. The van der Waals surface area contributed by atoms with Crippen LogP contribution in [0.2, 0.25) is 0 Å². The van der Waals surface area contributed by atoms with Crippen LogP contribution in [0.3, 0.4) is 0 Å². The standard InChI is InChI=1S/C16H16N2O2S/c19-15(9-11-7-8-21-10-11)17-13-3-5-14(6-4-13)18-16(20)12-1-2-12/h3-8,10,12H,1-2,9H2,(H,17,19)(H,18,20). The van der Waals surface area contributed by atoms with Crippen molar-refractivity contribution in [2.24, 2.45) is 5.92 Å². The summed E-state index contributed by atoms with van der Waals surface area (Å²) in [5.41, 5.74) is 2.52. The van der Waals surface area contributed by atoms with Gasteiger partial charge in [-0.25, -0.2) is 0 Å². The fourth-order valence-electron chi connectivity index (χ4n) is 2.01. The number of hydrogen-bond acceptors (Lipinski definition) is 3. The van der Waals surface area contributed by atoms with Crippen LogP contribution in [0.25, 0.3) is 0 Å². The lowest BCUT2D eigenvalue weighted by Crippen LogP contribution is -2.15. The Morgan fingerprint density at radius 3 is 2.29 bits per heavy atom. The Balaban J connectivity index is 1.53. The zero-order chi connectivity index (χ0) is 14.7. The summed E-state index contributed by atoms with van der Waals surface area (Å²) in [5.74, 6) is 0.238. The lowest BCUT2D eigenvalue weighted by molar-refractivity contribution is -0.117. The third-order valence-corrected chi connectivity index (χ3v) is 4.06. The number of thiophene rings is 1. The molecule has 0 bridgehead atoms. The molecule has 0 saturated heterocycles. The van der Waals surface area contributed by atoms with Gasteiger partial charge in [-0.3, -0.25) is 9.59 Å². The summed E-state index contributed by atoms with van der Waals surface area (Å²) in [6.45, 7) is 0. The van der Waals surface area contributed by atoms with Gasteiger partial charge in [-0.1, -0.05) is 0 Å². The molecule has 4 nitrogen and oxygen atoms in total. The largest absolute Gasteiger partial charge is 0.326 e. The maximum Gasteiger partial charge on any atom is 0.228 e. The molecule has 1 aromatic heterocycles. The van der Waals surface area contributed by atoms with Gasteiger partial charge in [0.2, 0.25) is 11.8 Å². The molecule has 0 aliphatic heterocycles. The van der Waals surface area contributed by atoms with Gasteiger partial charge in [0.25, 0.3) is 0 Å². The number of carbonyl (C=O) groups is 2. The van der Waals surface area contributed by atoms with Crippen molar-refractivity contribution in [2.45, 2.75) is 19.3 Å². The Hall–Kier alpha value is -2.14. The van der Waals surface area contributed by atoms with Gasteiger partial charge >= 0.3 is 0 Å². The van der Waals surface area contributed by atoms with Gasteiger partial charge in [0.1, 0.15) is 0 Å². The van der Waals surface area contributed by atoms with Gasteiger partial charge in [0.15, 0.2) is 0 Å². The lowest BCUT2D eigenvalue weighted by atomic mass is 10.2. The Kier molecular flexibility index (Phi) is 4.01. The van der Waals surface area contributed by atoms with Crippen LogP contribution in [0, 0.1) is 5.92 Å². The molecule has 2 amide bonds. The van der Waals surface area contributed by atoms with E-state index in [9.17, 15) is 9.59 Å². The van der Waals surface area contributed by atoms with Crippen LogP contribution in [0.4, 0.5) is 11.4 Å². The van der Waals surface area contributed by atoms with Gasteiger partial charge in [-0.15, -0.1) is 0 Å². The molecule has 108 valence electrons. The number of hydrogen-bond donors (Lipinski definition) is 2. The predicted molar refractivity (Wildman–Crippen MR) is 84.4 cm³/mol. The first-order chi connectivity index (χ1) is 10.2. The third kappa shape index (κ3) is 3.92. The van der Waals surface area contributed by atoms with E-state index in [-0.39, 0.29) is 17.7 Å². The van der Waals surface area contributed by atoms with Gasteiger partial charge in [0.05, 0.1) is 6.42 Å². The number of rotatable bonds is 5. The van der Waals surface area contributed by atoms with Crippen LogP contribution >= 0.6 is 11.3 Å². The van der Waals surface area contributed by atoms with Gasteiger partial charge in [-0.2, -0.15) is 11.3 Å². The van der Waals surface area contributed by atoms with Crippen molar-refractivity contribution in [1.29, 1.82) is 0 Å². The van der Waals surface area contributed by atoms with E-state index in [1.165, 1.54) is 0 Å². The molecule has 1 fully saturated rings. The second kappa shape index (κ2) is 6.10. The van der Waals surface area contributed by atoms with Crippen LogP contribution in [-0.4, -0.2) is 11.8 Å². The van der Waals surface area contributed by atoms with Crippen LogP contribution in [0.5, 0.6) is 0 Å². The minimum atomic E-state index is -0.0387. The third-order valence-electron chi connectivity index (χ3n) is 3.33. The number of nitrogens with one attached hydrogen (secondary N) is 2. The molecule has 3 rings (SSSR count). The number of benzene rings is 1. The summed E-state index contributed by atoms with van der Waals surface area (Å²) < 4.78 is 0. The molecular formula is C16H16N2O2S. The highest BCUT2D eigenvalue weighted by Gasteiger charge is 2.29. The second-order valence-electron chi connectivity index (χ2n) is 5.20. The van der Waals surface area contributed by atoms with Gasteiger partial charge in [0, 0.05) is 17.3 Å². The topological polar surface area (TPSA) is 58.2 Å². The summed E-state index contributed by atoms with van der Waals surface area (Å²) in [7, 11) is 0. The monoisotopic (exact) mass is 300 g/mol. The van der Waals surface area contributed by atoms with Gasteiger partial charge < -0.3 is 10.6 Å². The van der Waals surface area contributed by atoms with E-state index in [2.05, 4.69) is 10.6 Å². The fraction of sp³-hybridized carbons (Fsp3) is 0.250. The van der Waals surface area contributed by atoms with Crippen molar-refractivity contribution in [3.05, 3.63) is 46.7 Å². The maximum atomic E-state index is 11.9. The Morgan fingerprint density at radius 2 is 1.71 bits per heavy atom. The highest BCUT2D eigenvalue weighted by molar-refractivity contribution is 7.08. The molecule has 5 heteroatoms. The molecule has 2 N–H and O–H groups in total. The average Bonchev–Trinajstić information content (AvgIpc) is 3.20. The molecule has 0 spiro atoms. The molecule has 0 radical (unpaired) electrons. The van der Waals surface area contributed by atoms with E-state index in [0.29, 0.717) is 6.42 Å². The summed E-state index contributed by atoms with van der Waals surface area (Å²) in [6.07, 6.45) is 2.36.